The molecule has 0 saturated carbocycles. The maximum atomic E-state index is 12.0. The number of carbonyl (C=O) groups is 1. The number of hydrogen-bond acceptors (Lipinski definition) is 5. The van der Waals surface area contributed by atoms with Gasteiger partial charge >= 0.3 is 6.09 Å². The monoisotopic (exact) mass is 282 g/mol. The summed E-state index contributed by atoms with van der Waals surface area (Å²) in [6.07, 6.45) is 1.15. The van der Waals surface area contributed by atoms with E-state index in [9.17, 15) is 9.90 Å². The van der Waals surface area contributed by atoms with Crippen LogP contribution in [0.1, 0.15) is 26.6 Å². The molecule has 1 N–H and O–H groups in total. The second-order valence-corrected chi connectivity index (χ2v) is 6.22. The van der Waals surface area contributed by atoms with E-state index in [0.29, 0.717) is 19.5 Å². The Labute approximate surface area is 118 Å². The number of aliphatic hydroxyl groups is 1. The number of likely N-dealkylation sites (tertiary alicyclic amines) is 1. The van der Waals surface area contributed by atoms with Crippen molar-refractivity contribution >= 4 is 6.09 Å². The second-order valence-electron chi connectivity index (χ2n) is 6.22. The molecular weight excluding hydrogens is 260 g/mol. The molecule has 0 aromatic carbocycles. The van der Waals surface area contributed by atoms with Crippen molar-refractivity contribution in [1.82, 2.24) is 19.7 Å². The van der Waals surface area contributed by atoms with Gasteiger partial charge in [-0.15, -0.1) is 0 Å². The van der Waals surface area contributed by atoms with E-state index in [0.717, 1.165) is 5.82 Å². The number of aromatic nitrogens is 3. The summed E-state index contributed by atoms with van der Waals surface area (Å²) in [6.45, 7) is 6.26. The lowest BCUT2D eigenvalue weighted by atomic mass is 10.0. The van der Waals surface area contributed by atoms with Crippen molar-refractivity contribution in [2.75, 3.05) is 13.1 Å². The fraction of sp³-hybridized carbons (Fsp3) is 0.769. The summed E-state index contributed by atoms with van der Waals surface area (Å²) < 4.78 is 7.00. The second kappa shape index (κ2) is 5.40. The van der Waals surface area contributed by atoms with Crippen molar-refractivity contribution in [3.8, 4) is 0 Å². The lowest BCUT2D eigenvalue weighted by Gasteiger charge is -2.24. The van der Waals surface area contributed by atoms with Crippen LogP contribution >= 0.6 is 0 Å². The molecule has 20 heavy (non-hydrogen) atoms. The van der Waals surface area contributed by atoms with Crippen LogP contribution in [0.25, 0.3) is 0 Å². The smallest absolute Gasteiger partial charge is 0.410 e. The van der Waals surface area contributed by atoms with E-state index in [2.05, 4.69) is 10.1 Å². The number of carbonyl (C=O) groups excluding carboxylic acids is 1. The largest absolute Gasteiger partial charge is 0.444 e. The molecule has 1 amide bonds. The van der Waals surface area contributed by atoms with Crippen LogP contribution in [0.5, 0.6) is 0 Å². The maximum Gasteiger partial charge on any atom is 0.410 e. The number of β-amino-alcohol motifs (C(OH)–C–C–N with tert-alkyl or cyclic N) is 1. The van der Waals surface area contributed by atoms with Crippen molar-refractivity contribution in [2.24, 2.45) is 13.0 Å². The molecule has 0 spiro atoms. The van der Waals surface area contributed by atoms with Crippen molar-refractivity contribution in [3.05, 3.63) is 12.2 Å². The lowest BCUT2D eigenvalue weighted by molar-refractivity contribution is 0.0269. The molecule has 1 aliphatic rings. The van der Waals surface area contributed by atoms with E-state index in [1.165, 1.54) is 6.33 Å². The molecule has 0 aliphatic carbocycles. The van der Waals surface area contributed by atoms with Crippen LogP contribution in [0.3, 0.4) is 0 Å². The summed E-state index contributed by atoms with van der Waals surface area (Å²) in [5.74, 6) is 0.769. The molecule has 7 heteroatoms. The van der Waals surface area contributed by atoms with Gasteiger partial charge < -0.3 is 14.7 Å². The van der Waals surface area contributed by atoms with Crippen LogP contribution in [0.2, 0.25) is 0 Å². The predicted octanol–water partition coefficient (Wildman–Crippen LogP) is 0.585. The van der Waals surface area contributed by atoms with E-state index in [1.54, 1.807) is 9.58 Å². The molecule has 0 unspecified atom stereocenters. The zero-order valence-corrected chi connectivity index (χ0v) is 12.4. The molecule has 0 radical (unpaired) electrons. The number of rotatable bonds is 2. The zero-order valence-electron chi connectivity index (χ0n) is 12.4. The fourth-order valence-electron chi connectivity index (χ4n) is 2.27. The van der Waals surface area contributed by atoms with E-state index in [1.807, 2.05) is 27.8 Å². The molecule has 7 nitrogen and oxygen atoms in total. The van der Waals surface area contributed by atoms with Gasteiger partial charge in [0.15, 0.2) is 0 Å². The van der Waals surface area contributed by atoms with Gasteiger partial charge in [0.05, 0.1) is 12.6 Å². The van der Waals surface area contributed by atoms with Crippen LogP contribution in [-0.2, 0) is 18.2 Å². The quantitative estimate of drug-likeness (QED) is 0.858. The highest BCUT2D eigenvalue weighted by atomic mass is 16.6. The van der Waals surface area contributed by atoms with Crippen LogP contribution < -0.4 is 0 Å². The summed E-state index contributed by atoms with van der Waals surface area (Å²) >= 11 is 0. The van der Waals surface area contributed by atoms with Gasteiger partial charge in [-0.1, -0.05) is 0 Å². The van der Waals surface area contributed by atoms with Crippen molar-refractivity contribution in [3.63, 3.8) is 0 Å². The maximum absolute atomic E-state index is 12.0. The van der Waals surface area contributed by atoms with E-state index in [4.69, 9.17) is 4.74 Å². The summed E-state index contributed by atoms with van der Waals surface area (Å²) in [5.41, 5.74) is -0.524. The normalized spacial score (nSPS) is 23.1. The standard InChI is InChI=1S/C13H22N4O3/c1-13(2,3)20-12(19)17-6-9(10(18)7-17)5-11-14-8-15-16(11)4/h8-10,18H,5-7H2,1-4H3/t9-,10-/m1/s1. The van der Waals surface area contributed by atoms with Gasteiger partial charge in [-0.05, 0) is 20.8 Å². The summed E-state index contributed by atoms with van der Waals surface area (Å²) in [4.78, 5) is 17.7. The van der Waals surface area contributed by atoms with Crippen molar-refractivity contribution in [1.29, 1.82) is 0 Å². The molecule has 1 fully saturated rings. The number of aryl methyl sites for hydroxylation is 1. The van der Waals surface area contributed by atoms with Gasteiger partial charge in [-0.2, -0.15) is 5.10 Å². The first-order valence-corrected chi connectivity index (χ1v) is 6.75. The Hall–Kier alpha value is -1.63. The van der Waals surface area contributed by atoms with Crippen molar-refractivity contribution in [2.45, 2.75) is 38.9 Å². The highest BCUT2D eigenvalue weighted by Gasteiger charge is 2.36. The minimum atomic E-state index is -0.556. The van der Waals surface area contributed by atoms with E-state index >= 15 is 0 Å². The number of amides is 1. The fourth-order valence-corrected chi connectivity index (χ4v) is 2.27. The Morgan fingerprint density at radius 1 is 1.50 bits per heavy atom. The highest BCUT2D eigenvalue weighted by Crippen LogP contribution is 2.22. The number of hydrogen-bond donors (Lipinski definition) is 1. The average molecular weight is 282 g/mol. The molecule has 1 aromatic rings. The SMILES string of the molecule is Cn1ncnc1C[C@@H]1CN(C(=O)OC(C)(C)C)C[C@H]1O. The van der Waals surface area contributed by atoms with Gasteiger partial charge in [0.1, 0.15) is 17.8 Å². The topological polar surface area (TPSA) is 80.5 Å². The third-order valence-corrected chi connectivity index (χ3v) is 3.31. The summed E-state index contributed by atoms with van der Waals surface area (Å²) in [6, 6.07) is 0. The Bertz CT molecular complexity index is 480. The van der Waals surface area contributed by atoms with Crippen LogP contribution in [0, 0.1) is 5.92 Å². The Kier molecular flexibility index (Phi) is 3.99. The van der Waals surface area contributed by atoms with E-state index < -0.39 is 11.7 Å². The zero-order chi connectivity index (χ0) is 14.9. The third-order valence-electron chi connectivity index (χ3n) is 3.31. The lowest BCUT2D eigenvalue weighted by Crippen LogP contribution is -2.35. The van der Waals surface area contributed by atoms with Crippen LogP contribution in [-0.4, -0.2) is 55.7 Å². The van der Waals surface area contributed by atoms with Gasteiger partial charge in [0.25, 0.3) is 0 Å². The number of aliphatic hydroxyl groups excluding tert-OH is 1. The van der Waals surface area contributed by atoms with Crippen LogP contribution in [0.15, 0.2) is 6.33 Å². The highest BCUT2D eigenvalue weighted by molar-refractivity contribution is 5.68. The molecule has 1 aromatic heterocycles. The minimum Gasteiger partial charge on any atom is -0.444 e. The summed E-state index contributed by atoms with van der Waals surface area (Å²) in [7, 11) is 1.81. The first kappa shape index (κ1) is 14.8. The first-order chi connectivity index (χ1) is 9.26. The van der Waals surface area contributed by atoms with Crippen LogP contribution in [0.4, 0.5) is 4.79 Å². The van der Waals surface area contributed by atoms with Crippen molar-refractivity contribution < 1.29 is 14.6 Å². The summed E-state index contributed by atoms with van der Waals surface area (Å²) in [5, 5.41) is 14.1. The third kappa shape index (κ3) is 3.47. The molecule has 112 valence electrons. The molecule has 1 saturated heterocycles. The molecule has 2 heterocycles. The average Bonchev–Trinajstić information content (AvgIpc) is 2.86. The van der Waals surface area contributed by atoms with E-state index in [-0.39, 0.29) is 12.0 Å². The predicted molar refractivity (Wildman–Crippen MR) is 72.0 cm³/mol. The Morgan fingerprint density at radius 2 is 2.20 bits per heavy atom. The molecule has 2 rings (SSSR count). The van der Waals surface area contributed by atoms with Gasteiger partial charge in [0, 0.05) is 25.9 Å². The molecule has 1 aliphatic heterocycles. The number of ether oxygens (including phenoxy) is 1. The Balaban J connectivity index is 1.95. The molecule has 0 bridgehead atoms. The molecule has 2 atom stereocenters. The van der Waals surface area contributed by atoms with Gasteiger partial charge in [-0.3, -0.25) is 4.68 Å². The number of nitrogens with zero attached hydrogens (tertiary/aromatic N) is 4. The minimum absolute atomic E-state index is 0.0366. The first-order valence-electron chi connectivity index (χ1n) is 6.75. The Morgan fingerprint density at radius 3 is 2.75 bits per heavy atom. The molecular formula is C13H22N4O3. The van der Waals surface area contributed by atoms with Gasteiger partial charge in [0.2, 0.25) is 0 Å². The van der Waals surface area contributed by atoms with Gasteiger partial charge in [-0.25, -0.2) is 9.78 Å².